The van der Waals surface area contributed by atoms with Gasteiger partial charge in [0, 0.05) is 32.0 Å². The number of carbonyl (C=O) groups is 1. The third kappa shape index (κ3) is 3.27. The molecule has 0 saturated carbocycles. The quantitative estimate of drug-likeness (QED) is 0.658. The molecular weight excluding hydrogens is 254 g/mol. The third-order valence-electron chi connectivity index (χ3n) is 3.19. The van der Waals surface area contributed by atoms with Crippen molar-refractivity contribution in [2.24, 2.45) is 5.16 Å². The Balaban J connectivity index is 1.98. The van der Waals surface area contributed by atoms with E-state index in [1.807, 2.05) is 0 Å². The van der Waals surface area contributed by atoms with Gasteiger partial charge in [-0.2, -0.15) is 0 Å². The second kappa shape index (κ2) is 5.77. The largest absolute Gasteiger partial charge is 0.411 e. The number of halogens is 2. The van der Waals surface area contributed by atoms with Gasteiger partial charge in [0.25, 0.3) is 0 Å². The van der Waals surface area contributed by atoms with Crippen LogP contribution in [0.2, 0.25) is 0 Å². The van der Waals surface area contributed by atoms with Gasteiger partial charge in [-0.15, -0.1) is 0 Å². The smallest absolute Gasteiger partial charge is 0.227 e. The van der Waals surface area contributed by atoms with Crippen molar-refractivity contribution < 1.29 is 18.8 Å². The predicted molar refractivity (Wildman–Crippen MR) is 65.1 cm³/mol. The lowest BCUT2D eigenvalue weighted by atomic mass is 10.1. The van der Waals surface area contributed by atoms with Crippen LogP contribution in [0.3, 0.4) is 0 Å². The molecule has 1 heterocycles. The number of carbonyl (C=O) groups excluding carboxylic acids is 1. The zero-order chi connectivity index (χ0) is 13.8. The molecule has 1 aromatic rings. The summed E-state index contributed by atoms with van der Waals surface area (Å²) in [6, 6.07) is 3.20. The van der Waals surface area contributed by atoms with Crippen molar-refractivity contribution >= 4 is 11.6 Å². The lowest BCUT2D eigenvalue weighted by molar-refractivity contribution is -0.130. The van der Waals surface area contributed by atoms with Crippen molar-refractivity contribution in [3.63, 3.8) is 0 Å². The van der Waals surface area contributed by atoms with Crippen LogP contribution in [0, 0.1) is 11.6 Å². The van der Waals surface area contributed by atoms with E-state index in [4.69, 9.17) is 5.21 Å². The van der Waals surface area contributed by atoms with Crippen LogP contribution in [0.5, 0.6) is 0 Å². The molecule has 0 aliphatic carbocycles. The van der Waals surface area contributed by atoms with E-state index in [1.54, 1.807) is 4.90 Å². The summed E-state index contributed by atoms with van der Waals surface area (Å²) in [5, 5.41) is 11.7. The Labute approximate surface area is 109 Å². The van der Waals surface area contributed by atoms with E-state index >= 15 is 0 Å². The van der Waals surface area contributed by atoms with Crippen molar-refractivity contribution in [1.29, 1.82) is 0 Å². The highest BCUT2D eigenvalue weighted by Gasteiger charge is 2.21. The first kappa shape index (κ1) is 13.5. The minimum atomic E-state index is -0.706. The van der Waals surface area contributed by atoms with Gasteiger partial charge in [-0.05, 0) is 11.6 Å². The van der Waals surface area contributed by atoms with Crippen LogP contribution < -0.4 is 0 Å². The minimum absolute atomic E-state index is 0.0856. The van der Waals surface area contributed by atoms with Gasteiger partial charge in [-0.25, -0.2) is 8.78 Å². The van der Waals surface area contributed by atoms with Gasteiger partial charge in [-0.3, -0.25) is 4.79 Å². The standard InChI is InChI=1S/C13H14F2N2O2/c14-10-2-1-9(12(15)8-10)7-13(18)17-5-3-11(16-19)4-6-17/h1-2,8,19H,3-7H2. The number of amides is 1. The van der Waals surface area contributed by atoms with Crippen LogP contribution in [0.4, 0.5) is 8.78 Å². The van der Waals surface area contributed by atoms with E-state index in [2.05, 4.69) is 5.16 Å². The number of hydrogen-bond donors (Lipinski definition) is 1. The molecule has 102 valence electrons. The fourth-order valence-corrected chi connectivity index (χ4v) is 2.05. The highest BCUT2D eigenvalue weighted by Crippen LogP contribution is 2.13. The van der Waals surface area contributed by atoms with Crippen molar-refractivity contribution in [3.8, 4) is 0 Å². The van der Waals surface area contributed by atoms with Crippen LogP contribution in [0.1, 0.15) is 18.4 Å². The fourth-order valence-electron chi connectivity index (χ4n) is 2.05. The van der Waals surface area contributed by atoms with Crippen LogP contribution in [-0.4, -0.2) is 34.8 Å². The topological polar surface area (TPSA) is 52.9 Å². The zero-order valence-corrected chi connectivity index (χ0v) is 10.3. The first-order valence-corrected chi connectivity index (χ1v) is 6.01. The summed E-state index contributed by atoms with van der Waals surface area (Å²) in [5.41, 5.74) is 0.852. The Bertz CT molecular complexity index is 507. The third-order valence-corrected chi connectivity index (χ3v) is 3.19. The molecule has 1 aliphatic rings. The summed E-state index contributed by atoms with van der Waals surface area (Å²) in [4.78, 5) is 13.6. The van der Waals surface area contributed by atoms with Crippen molar-refractivity contribution in [2.45, 2.75) is 19.3 Å². The maximum Gasteiger partial charge on any atom is 0.227 e. The van der Waals surface area contributed by atoms with Crippen LogP contribution >= 0.6 is 0 Å². The number of hydrogen-bond acceptors (Lipinski definition) is 3. The average Bonchev–Trinajstić information content (AvgIpc) is 2.42. The lowest BCUT2D eigenvalue weighted by Crippen LogP contribution is -2.39. The molecule has 0 bridgehead atoms. The van der Waals surface area contributed by atoms with Crippen molar-refractivity contribution in [1.82, 2.24) is 4.90 Å². The molecule has 0 spiro atoms. The molecular formula is C13H14F2N2O2. The molecule has 4 nitrogen and oxygen atoms in total. The first-order chi connectivity index (χ1) is 9.10. The van der Waals surface area contributed by atoms with E-state index in [9.17, 15) is 13.6 Å². The highest BCUT2D eigenvalue weighted by molar-refractivity contribution is 5.87. The van der Waals surface area contributed by atoms with Gasteiger partial charge in [0.2, 0.25) is 5.91 Å². The van der Waals surface area contributed by atoms with Gasteiger partial charge in [-0.1, -0.05) is 11.2 Å². The van der Waals surface area contributed by atoms with Gasteiger partial charge in [0.15, 0.2) is 0 Å². The Morgan fingerprint density at radius 2 is 2.00 bits per heavy atom. The molecule has 0 unspecified atom stereocenters. The number of oxime groups is 1. The summed E-state index contributed by atoms with van der Waals surface area (Å²) in [6.07, 6.45) is 0.958. The van der Waals surface area contributed by atoms with E-state index in [0.29, 0.717) is 31.6 Å². The SMILES string of the molecule is O=C(Cc1ccc(F)cc1F)N1CCC(=NO)CC1. The fraction of sp³-hybridized carbons (Fsp3) is 0.385. The van der Waals surface area contributed by atoms with Gasteiger partial charge < -0.3 is 10.1 Å². The lowest BCUT2D eigenvalue weighted by Gasteiger charge is -2.27. The Morgan fingerprint density at radius 3 is 2.58 bits per heavy atom. The van der Waals surface area contributed by atoms with Crippen LogP contribution in [0.25, 0.3) is 0 Å². The highest BCUT2D eigenvalue weighted by atomic mass is 19.1. The first-order valence-electron chi connectivity index (χ1n) is 6.01. The molecule has 19 heavy (non-hydrogen) atoms. The van der Waals surface area contributed by atoms with Crippen LogP contribution in [-0.2, 0) is 11.2 Å². The number of piperidine rings is 1. The van der Waals surface area contributed by atoms with Crippen LogP contribution in [0.15, 0.2) is 23.4 Å². The van der Waals surface area contributed by atoms with Gasteiger partial charge in [0.1, 0.15) is 11.6 Å². The number of rotatable bonds is 2. The number of benzene rings is 1. The summed E-state index contributed by atoms with van der Waals surface area (Å²) < 4.78 is 26.2. The van der Waals surface area contributed by atoms with Crippen molar-refractivity contribution in [2.75, 3.05) is 13.1 Å². The van der Waals surface area contributed by atoms with E-state index in [1.165, 1.54) is 6.07 Å². The summed E-state index contributed by atoms with van der Waals surface area (Å²) >= 11 is 0. The average molecular weight is 268 g/mol. The molecule has 6 heteroatoms. The van der Waals surface area contributed by atoms with Gasteiger partial charge in [0.05, 0.1) is 12.1 Å². The summed E-state index contributed by atoms with van der Waals surface area (Å²) in [7, 11) is 0. The molecule has 0 aromatic heterocycles. The molecule has 1 N–H and O–H groups in total. The molecule has 1 amide bonds. The monoisotopic (exact) mass is 268 g/mol. The van der Waals surface area contributed by atoms with E-state index in [0.717, 1.165) is 12.1 Å². The second-order valence-corrected chi connectivity index (χ2v) is 4.46. The Morgan fingerprint density at radius 1 is 1.32 bits per heavy atom. The van der Waals surface area contributed by atoms with E-state index in [-0.39, 0.29) is 17.9 Å². The Kier molecular flexibility index (Phi) is 4.09. The molecule has 1 aliphatic heterocycles. The predicted octanol–water partition coefficient (Wildman–Crippen LogP) is 1.96. The number of nitrogens with zero attached hydrogens (tertiary/aromatic N) is 2. The summed E-state index contributed by atoms with van der Waals surface area (Å²) in [6.45, 7) is 0.919. The zero-order valence-electron chi connectivity index (χ0n) is 10.3. The normalized spacial score (nSPS) is 15.5. The maximum atomic E-state index is 13.4. The maximum absolute atomic E-state index is 13.4. The second-order valence-electron chi connectivity index (χ2n) is 4.46. The van der Waals surface area contributed by atoms with Gasteiger partial charge >= 0.3 is 0 Å². The molecule has 0 atom stereocenters. The molecule has 2 rings (SSSR count). The molecule has 1 aromatic carbocycles. The number of likely N-dealkylation sites (tertiary alicyclic amines) is 1. The van der Waals surface area contributed by atoms with Crippen molar-refractivity contribution in [3.05, 3.63) is 35.4 Å². The summed E-state index contributed by atoms with van der Waals surface area (Å²) in [5.74, 6) is -1.57. The Hall–Kier alpha value is -1.98. The minimum Gasteiger partial charge on any atom is -0.411 e. The molecule has 1 fully saturated rings. The molecule has 1 saturated heterocycles. The molecule has 0 radical (unpaired) electrons. The van der Waals surface area contributed by atoms with E-state index < -0.39 is 11.6 Å².